The molecule has 0 bridgehead atoms. The molecule has 0 aliphatic rings. The summed E-state index contributed by atoms with van der Waals surface area (Å²) < 4.78 is 0. The average Bonchev–Trinajstić information content (AvgIpc) is 1.07. The number of nitrogens with one attached hydrogen (secondary N) is 3. The summed E-state index contributed by atoms with van der Waals surface area (Å²) in [7, 11) is 0. The van der Waals surface area contributed by atoms with Crippen molar-refractivity contribution in [3.8, 4) is 0 Å². The second-order valence-electron chi connectivity index (χ2n) is 34.4. The van der Waals surface area contributed by atoms with Gasteiger partial charge in [-0.2, -0.15) is 0 Å². The highest BCUT2D eigenvalue weighted by molar-refractivity contribution is 5.96. The van der Waals surface area contributed by atoms with Gasteiger partial charge in [0.25, 0.3) is 0 Å². The summed E-state index contributed by atoms with van der Waals surface area (Å²) in [5.41, 5.74) is 42.9. The second kappa shape index (κ2) is 56.3. The number of benzene rings is 7. The van der Waals surface area contributed by atoms with Crippen LogP contribution in [0, 0.1) is 0 Å². The van der Waals surface area contributed by atoms with Gasteiger partial charge in [0.05, 0.1) is 70.0 Å². The van der Waals surface area contributed by atoms with E-state index >= 15 is 43.2 Å². The molecule has 32 nitrogen and oxygen atoms in total. The first-order chi connectivity index (χ1) is 65.3. The molecule has 0 aliphatic heterocycles. The molecule has 15 N–H and O–H groups in total. The normalized spacial score (nSPS) is 12.1. The Labute approximate surface area is 793 Å². The van der Waals surface area contributed by atoms with Crippen molar-refractivity contribution in [2.75, 3.05) is 157 Å². The maximum absolute atomic E-state index is 16.0. The second-order valence-corrected chi connectivity index (χ2v) is 34.4. The zero-order chi connectivity index (χ0) is 97.0. The van der Waals surface area contributed by atoms with Crippen molar-refractivity contribution in [3.63, 3.8) is 0 Å². The van der Waals surface area contributed by atoms with E-state index in [2.05, 4.69) is 15.3 Å². The Kier molecular flexibility index (Phi) is 44.1. The molecule has 0 fully saturated rings. The van der Waals surface area contributed by atoms with Crippen LogP contribution >= 0.6 is 0 Å². The van der Waals surface area contributed by atoms with Gasteiger partial charge in [0.1, 0.15) is 32.7 Å². The number of unbranched alkanes of at least 4 members (excludes halogenated alkanes) is 5. The SMILES string of the molecule is C[C@@H](c1ccccc1)N(CC(=O)N(CCCCN)CC(=O)N(CC(=O)N(CC(=O)N(CCCCN)CC(=O)N(CCCCN)CC(=O)N(CC(=O)N(CCCCN)CC(=O)N(CCc1c[nH]c2ccccc12)CC(=O)N(CCc1c[nH]c2ccccc12)CC(N)=O)Cc1ccccc1)[C@@H](C)c1ccccc1)[C@@H](C)c1ccccc1)C(=O)CN(C(=O)CNCCCCN)[C@@H](C)c1ccccc1. The van der Waals surface area contributed by atoms with Gasteiger partial charge in [0.2, 0.25) is 70.9 Å². The van der Waals surface area contributed by atoms with Gasteiger partial charge in [-0.25, -0.2) is 0 Å². The summed E-state index contributed by atoms with van der Waals surface area (Å²) in [4.78, 5) is 203. The van der Waals surface area contributed by atoms with Gasteiger partial charge < -0.3 is 104 Å². The summed E-state index contributed by atoms with van der Waals surface area (Å²) in [5, 5.41) is 5.08. The maximum Gasteiger partial charge on any atom is 0.243 e. The minimum atomic E-state index is -0.840. The molecule has 9 aromatic rings. The van der Waals surface area contributed by atoms with E-state index in [1.807, 2.05) is 165 Å². The standard InChI is InChI=1S/C103H140N20O12/c1-77(82-36-12-6-13-37-82)120(93(125)64-110-55-29-24-50-104)75-102(134)121(78(2)83-38-14-7-15-39-83)74-100(132)116(59-33-28-54-108)72-101(133)123(80(4)85-42-18-9-19-43-85)76-103(135)122(79(3)84-40-16-8-17-41-84)73-99(131)115(58-32-27-53-107)67-94(126)114(57-31-26-52-106)70-98(130)119(65-81-34-10-5-11-35-81)71-97(129)113(56-30-25-51-105)68-96(128)118(61-49-87-63-112-91-47-23-21-45-89(87)91)69-95(127)117(66-92(109)124)60-48-86-62-111-90-46-22-20-44-88(86)90/h5-23,34-47,62-63,77-80,110-112H,24-33,48-61,64-76,104-108H2,1-4H3,(H2,109,124)/t77-,78-,79-,80-/m0/s1. The summed E-state index contributed by atoms with van der Waals surface area (Å²) in [6.45, 7) is 3.38. The lowest BCUT2D eigenvalue weighted by atomic mass is 10.0. The van der Waals surface area contributed by atoms with E-state index in [0.717, 1.165) is 51.3 Å². The number of aromatic nitrogens is 2. The highest BCUT2D eigenvalue weighted by Crippen LogP contribution is 2.29. The summed E-state index contributed by atoms with van der Waals surface area (Å²) >= 11 is 0. The summed E-state index contributed by atoms with van der Waals surface area (Å²) in [6, 6.07) is 58.0. The number of nitrogens with zero attached hydrogens (tertiary/aromatic N) is 11. The van der Waals surface area contributed by atoms with Gasteiger partial charge in [-0.05, 0) is 195 Å². The van der Waals surface area contributed by atoms with Crippen molar-refractivity contribution in [1.82, 2.24) is 69.2 Å². The van der Waals surface area contributed by atoms with Crippen LogP contribution in [-0.4, -0.2) is 292 Å². The largest absolute Gasteiger partial charge is 0.368 e. The smallest absolute Gasteiger partial charge is 0.243 e. The number of rotatable bonds is 60. The maximum atomic E-state index is 16.0. The zero-order valence-electron chi connectivity index (χ0n) is 79.0. The fraction of sp³-hybridized carbons (Fsp3) is 0.437. The third-order valence-corrected chi connectivity index (χ3v) is 24.8. The van der Waals surface area contributed by atoms with Crippen molar-refractivity contribution < 1.29 is 57.5 Å². The molecule has 0 saturated carbocycles. The lowest BCUT2D eigenvalue weighted by molar-refractivity contribution is -0.151. The van der Waals surface area contributed by atoms with E-state index in [1.54, 1.807) is 75.4 Å². The monoisotopic (exact) mass is 1850 g/mol. The Balaban J connectivity index is 0.979. The summed E-state index contributed by atoms with van der Waals surface area (Å²) in [5.74, 6) is -7.19. The van der Waals surface area contributed by atoms with Crippen LogP contribution in [0.5, 0.6) is 0 Å². The molecule has 0 saturated heterocycles. The van der Waals surface area contributed by atoms with E-state index in [-0.39, 0.29) is 84.4 Å². The molecule has 135 heavy (non-hydrogen) atoms. The first-order valence-electron chi connectivity index (χ1n) is 47.3. The number of hydrogen-bond acceptors (Lipinski definition) is 18. The molecular formula is C103H140N20O12. The van der Waals surface area contributed by atoms with Crippen molar-refractivity contribution in [3.05, 3.63) is 252 Å². The fourth-order valence-corrected chi connectivity index (χ4v) is 16.6. The highest BCUT2D eigenvalue weighted by atomic mass is 16.2. The lowest BCUT2D eigenvalue weighted by Crippen LogP contribution is -2.53. The van der Waals surface area contributed by atoms with Crippen molar-refractivity contribution in [1.29, 1.82) is 0 Å². The molecular weight excluding hydrogens is 1710 g/mol. The third-order valence-electron chi connectivity index (χ3n) is 24.8. The molecule has 12 amide bonds. The van der Waals surface area contributed by atoms with Crippen LogP contribution in [0.1, 0.15) is 155 Å². The molecule has 2 aromatic heterocycles. The fourth-order valence-electron chi connectivity index (χ4n) is 16.6. The van der Waals surface area contributed by atoms with Gasteiger partial charge in [-0.3, -0.25) is 57.5 Å². The predicted molar refractivity (Wildman–Crippen MR) is 525 cm³/mol. The molecule has 2 heterocycles. The average molecular weight is 1850 g/mol. The molecule has 32 heteroatoms. The summed E-state index contributed by atoms with van der Waals surface area (Å²) in [6.07, 6.45) is 9.06. The molecule has 0 radical (unpaired) electrons. The molecule has 0 aliphatic carbocycles. The van der Waals surface area contributed by atoms with Gasteiger partial charge in [0, 0.05) is 80.0 Å². The molecule has 9 rings (SSSR count). The van der Waals surface area contributed by atoms with E-state index in [9.17, 15) is 14.4 Å². The minimum Gasteiger partial charge on any atom is -0.368 e. The number of carbonyl (C=O) groups excluding carboxylic acids is 12. The number of primary amides is 1. The number of H-pyrrole nitrogens is 2. The first kappa shape index (κ1) is 106. The number of aromatic amines is 2. The zero-order valence-corrected chi connectivity index (χ0v) is 79.0. The molecule has 724 valence electrons. The molecule has 7 aromatic carbocycles. The van der Waals surface area contributed by atoms with Crippen LogP contribution < -0.4 is 39.7 Å². The topological polar surface area (TPSA) is 440 Å². The Morgan fingerprint density at radius 3 is 0.881 bits per heavy atom. The first-order valence-corrected chi connectivity index (χ1v) is 47.3. The Hall–Kier alpha value is -13.0. The van der Waals surface area contributed by atoms with Crippen LogP contribution in [0.3, 0.4) is 0 Å². The highest BCUT2D eigenvalue weighted by Gasteiger charge is 2.38. The number of hydrogen-bond donors (Lipinski definition) is 9. The van der Waals surface area contributed by atoms with Crippen LogP contribution in [-0.2, 0) is 76.9 Å². The lowest BCUT2D eigenvalue weighted by Gasteiger charge is -2.37. The van der Waals surface area contributed by atoms with E-state index in [1.165, 1.54) is 53.9 Å². The van der Waals surface area contributed by atoms with Crippen LogP contribution in [0.15, 0.2) is 213 Å². The van der Waals surface area contributed by atoms with Crippen LogP contribution in [0.2, 0.25) is 0 Å². The number of para-hydroxylation sites is 2. The van der Waals surface area contributed by atoms with E-state index in [0.29, 0.717) is 99.6 Å². The van der Waals surface area contributed by atoms with E-state index < -0.39 is 161 Å². The Morgan fingerprint density at radius 1 is 0.281 bits per heavy atom. The van der Waals surface area contributed by atoms with Gasteiger partial charge >= 0.3 is 0 Å². The van der Waals surface area contributed by atoms with Crippen molar-refractivity contribution in [2.24, 2.45) is 34.4 Å². The Morgan fingerprint density at radius 2 is 0.541 bits per heavy atom. The van der Waals surface area contributed by atoms with Gasteiger partial charge in [-0.15, -0.1) is 0 Å². The molecule has 4 atom stereocenters. The van der Waals surface area contributed by atoms with Crippen LogP contribution in [0.25, 0.3) is 21.8 Å². The van der Waals surface area contributed by atoms with Crippen LogP contribution in [0.4, 0.5) is 0 Å². The number of fused-ring (bicyclic) bond motifs is 2. The quantitative estimate of drug-likeness (QED) is 0.0166. The van der Waals surface area contributed by atoms with Crippen molar-refractivity contribution in [2.45, 2.75) is 135 Å². The van der Waals surface area contributed by atoms with E-state index in [4.69, 9.17) is 34.4 Å². The van der Waals surface area contributed by atoms with Gasteiger partial charge in [-0.1, -0.05) is 188 Å². The third kappa shape index (κ3) is 33.0. The molecule has 0 spiro atoms. The number of carbonyl (C=O) groups is 12. The minimum absolute atomic E-state index is 0.00485. The predicted octanol–water partition coefficient (Wildman–Crippen LogP) is 7.56. The number of nitrogens with two attached hydrogens (primary N) is 6. The van der Waals surface area contributed by atoms with Gasteiger partial charge in [0.15, 0.2) is 0 Å². The number of amides is 12. The Bertz CT molecular complexity index is 5230. The molecule has 0 unspecified atom stereocenters. The van der Waals surface area contributed by atoms with Crippen molar-refractivity contribution >= 4 is 92.7 Å².